The summed E-state index contributed by atoms with van der Waals surface area (Å²) in [5, 5.41) is 0.872. The molecule has 1 aromatic heterocycles. The van der Waals surface area contributed by atoms with Crippen molar-refractivity contribution in [3.63, 3.8) is 0 Å². The van der Waals surface area contributed by atoms with E-state index in [1.165, 1.54) is 24.3 Å². The number of alkyl halides is 2. The lowest BCUT2D eigenvalue weighted by Crippen LogP contribution is -2.29. The third-order valence-corrected chi connectivity index (χ3v) is 3.71. The van der Waals surface area contributed by atoms with Gasteiger partial charge in [-0.25, -0.2) is 4.98 Å². The van der Waals surface area contributed by atoms with Gasteiger partial charge in [-0.2, -0.15) is 8.78 Å². The molecule has 118 valence electrons. The summed E-state index contributed by atoms with van der Waals surface area (Å²) in [6.07, 6.45) is 2.51. The topological polar surface area (TPSA) is 38.1 Å². The Morgan fingerprint density at radius 3 is 2.77 bits per heavy atom. The van der Waals surface area contributed by atoms with E-state index in [-0.39, 0.29) is 24.7 Å². The maximum atomic E-state index is 12.7. The van der Waals surface area contributed by atoms with Gasteiger partial charge < -0.3 is 4.90 Å². The van der Waals surface area contributed by atoms with Crippen LogP contribution in [0.25, 0.3) is 0 Å². The molecule has 0 saturated carbocycles. The molecule has 1 amide bonds. The molecule has 4 nitrogen and oxygen atoms in total. The van der Waals surface area contributed by atoms with Crippen LogP contribution in [0, 0.1) is 0 Å². The SMILES string of the molecule is CN(Cc1nccn1C(F)F)C(=O)Cc1ccc(Cl)cc1Cl. The summed E-state index contributed by atoms with van der Waals surface area (Å²) in [5.74, 6) is -0.138. The van der Waals surface area contributed by atoms with Gasteiger partial charge in [-0.05, 0) is 17.7 Å². The molecule has 2 aromatic rings. The molecule has 2 rings (SSSR count). The number of aromatic nitrogens is 2. The third-order valence-electron chi connectivity index (χ3n) is 3.12. The Morgan fingerprint density at radius 1 is 1.41 bits per heavy atom. The molecule has 8 heteroatoms. The monoisotopic (exact) mass is 347 g/mol. The van der Waals surface area contributed by atoms with Gasteiger partial charge in [-0.3, -0.25) is 9.36 Å². The number of hydrogen-bond acceptors (Lipinski definition) is 2. The van der Waals surface area contributed by atoms with Crippen molar-refractivity contribution >= 4 is 29.1 Å². The summed E-state index contributed by atoms with van der Waals surface area (Å²) >= 11 is 11.8. The lowest BCUT2D eigenvalue weighted by atomic mass is 10.1. The van der Waals surface area contributed by atoms with Gasteiger partial charge in [0.25, 0.3) is 0 Å². The Bertz CT molecular complexity index is 676. The quantitative estimate of drug-likeness (QED) is 0.825. The third kappa shape index (κ3) is 3.96. The van der Waals surface area contributed by atoms with Gasteiger partial charge in [0.05, 0.1) is 13.0 Å². The van der Waals surface area contributed by atoms with Gasteiger partial charge in [-0.1, -0.05) is 29.3 Å². The molecule has 0 fully saturated rings. The number of rotatable bonds is 5. The maximum Gasteiger partial charge on any atom is 0.319 e. The first-order chi connectivity index (χ1) is 10.4. The molecule has 0 spiro atoms. The molecule has 0 bridgehead atoms. The number of amides is 1. The fourth-order valence-corrected chi connectivity index (χ4v) is 2.38. The van der Waals surface area contributed by atoms with Crippen LogP contribution in [0.5, 0.6) is 0 Å². The van der Waals surface area contributed by atoms with Crippen molar-refractivity contribution in [3.8, 4) is 0 Å². The maximum absolute atomic E-state index is 12.7. The van der Waals surface area contributed by atoms with Crippen LogP contribution in [0.2, 0.25) is 10.0 Å². The van der Waals surface area contributed by atoms with Crippen molar-refractivity contribution in [1.29, 1.82) is 0 Å². The van der Waals surface area contributed by atoms with E-state index in [0.29, 0.717) is 15.6 Å². The second-order valence-corrected chi connectivity index (χ2v) is 5.53. The van der Waals surface area contributed by atoms with E-state index in [4.69, 9.17) is 23.2 Å². The molecule has 1 heterocycles. The van der Waals surface area contributed by atoms with E-state index >= 15 is 0 Å². The van der Waals surface area contributed by atoms with E-state index in [9.17, 15) is 13.6 Å². The zero-order valence-corrected chi connectivity index (χ0v) is 13.2. The number of halogens is 4. The normalized spacial score (nSPS) is 11.0. The van der Waals surface area contributed by atoms with E-state index in [0.717, 1.165) is 4.57 Å². The number of hydrogen-bond donors (Lipinski definition) is 0. The second-order valence-electron chi connectivity index (χ2n) is 4.69. The minimum absolute atomic E-state index is 0.0125. The fourth-order valence-electron chi connectivity index (χ4n) is 1.91. The average molecular weight is 348 g/mol. The summed E-state index contributed by atoms with van der Waals surface area (Å²) in [6, 6.07) is 4.85. The van der Waals surface area contributed by atoms with Gasteiger partial charge >= 0.3 is 6.55 Å². The van der Waals surface area contributed by atoms with Crippen molar-refractivity contribution in [2.75, 3.05) is 7.05 Å². The van der Waals surface area contributed by atoms with Gasteiger partial charge in [0.15, 0.2) is 0 Å². The largest absolute Gasteiger partial charge is 0.338 e. The van der Waals surface area contributed by atoms with Crippen LogP contribution < -0.4 is 0 Å². The molecule has 0 atom stereocenters. The molecule has 0 aliphatic carbocycles. The molecule has 22 heavy (non-hydrogen) atoms. The minimum atomic E-state index is -2.69. The number of benzene rings is 1. The van der Waals surface area contributed by atoms with Gasteiger partial charge in [0.2, 0.25) is 5.91 Å². The average Bonchev–Trinajstić information content (AvgIpc) is 2.90. The predicted octanol–water partition coefficient (Wildman–Crippen LogP) is 3.79. The highest BCUT2D eigenvalue weighted by Crippen LogP contribution is 2.22. The van der Waals surface area contributed by atoms with Gasteiger partial charge in [0, 0.05) is 29.5 Å². The molecule has 1 aromatic carbocycles. The molecular formula is C14H13Cl2F2N3O. The Morgan fingerprint density at radius 2 is 2.14 bits per heavy atom. The highest BCUT2D eigenvalue weighted by atomic mass is 35.5. The van der Waals surface area contributed by atoms with E-state index in [1.807, 2.05) is 0 Å². The van der Waals surface area contributed by atoms with Crippen LogP contribution in [-0.2, 0) is 17.8 Å². The summed E-state index contributed by atoms with van der Waals surface area (Å²) in [4.78, 5) is 17.3. The minimum Gasteiger partial charge on any atom is -0.338 e. The molecule has 0 aliphatic rings. The predicted molar refractivity (Wildman–Crippen MR) is 80.1 cm³/mol. The van der Waals surface area contributed by atoms with Crippen molar-refractivity contribution < 1.29 is 13.6 Å². The zero-order valence-electron chi connectivity index (χ0n) is 11.6. The van der Waals surface area contributed by atoms with Crippen LogP contribution in [-0.4, -0.2) is 27.4 Å². The fraction of sp³-hybridized carbons (Fsp3) is 0.286. The number of nitrogens with zero attached hydrogens (tertiary/aromatic N) is 3. The standard InChI is InChI=1S/C14H13Cl2F2N3O/c1-20(8-12-19-4-5-21(12)14(17)18)13(22)6-9-2-3-10(15)7-11(9)16/h2-5,7,14H,6,8H2,1H3. The van der Waals surface area contributed by atoms with Crippen LogP contribution >= 0.6 is 23.2 Å². The zero-order chi connectivity index (χ0) is 16.3. The van der Waals surface area contributed by atoms with Crippen LogP contribution in [0.3, 0.4) is 0 Å². The van der Waals surface area contributed by atoms with E-state index in [1.54, 1.807) is 18.2 Å². The van der Waals surface area contributed by atoms with Gasteiger partial charge in [0.1, 0.15) is 5.82 Å². The van der Waals surface area contributed by atoms with Crippen LogP contribution in [0.15, 0.2) is 30.6 Å². The number of carbonyl (C=O) groups is 1. The van der Waals surface area contributed by atoms with Crippen molar-refractivity contribution in [3.05, 3.63) is 52.0 Å². The second kappa shape index (κ2) is 7.07. The molecular weight excluding hydrogens is 335 g/mol. The Labute approximate surface area is 136 Å². The first-order valence-corrected chi connectivity index (χ1v) is 7.12. The first-order valence-electron chi connectivity index (χ1n) is 6.36. The first kappa shape index (κ1) is 16.7. The van der Waals surface area contributed by atoms with Crippen LogP contribution in [0.1, 0.15) is 17.9 Å². The van der Waals surface area contributed by atoms with Gasteiger partial charge in [-0.15, -0.1) is 0 Å². The Hall–Kier alpha value is -1.66. The molecule has 0 aliphatic heterocycles. The van der Waals surface area contributed by atoms with E-state index in [2.05, 4.69) is 4.98 Å². The molecule has 0 radical (unpaired) electrons. The summed E-state index contributed by atoms with van der Waals surface area (Å²) in [5.41, 5.74) is 0.625. The summed E-state index contributed by atoms with van der Waals surface area (Å²) < 4.78 is 26.2. The van der Waals surface area contributed by atoms with Crippen LogP contribution in [0.4, 0.5) is 8.78 Å². The Balaban J connectivity index is 2.04. The number of carbonyl (C=O) groups excluding carboxylic acids is 1. The molecule has 0 unspecified atom stereocenters. The van der Waals surface area contributed by atoms with Crippen molar-refractivity contribution in [2.45, 2.75) is 19.5 Å². The highest BCUT2D eigenvalue weighted by molar-refractivity contribution is 6.35. The molecule has 0 N–H and O–H groups in total. The highest BCUT2D eigenvalue weighted by Gasteiger charge is 2.17. The molecule has 0 saturated heterocycles. The summed E-state index contributed by atoms with van der Waals surface area (Å²) in [6.45, 7) is -2.70. The van der Waals surface area contributed by atoms with Crippen molar-refractivity contribution in [1.82, 2.24) is 14.5 Å². The Kier molecular flexibility index (Phi) is 5.37. The van der Waals surface area contributed by atoms with E-state index < -0.39 is 6.55 Å². The lowest BCUT2D eigenvalue weighted by molar-refractivity contribution is -0.129. The number of likely N-dealkylation sites (N-methyl/N-ethyl adjacent to an activating group) is 1. The number of imidazole rings is 1. The summed E-state index contributed by atoms with van der Waals surface area (Å²) in [7, 11) is 1.52. The smallest absolute Gasteiger partial charge is 0.319 e. The lowest BCUT2D eigenvalue weighted by Gasteiger charge is -2.18. The van der Waals surface area contributed by atoms with Crippen molar-refractivity contribution in [2.24, 2.45) is 0 Å².